The summed E-state index contributed by atoms with van der Waals surface area (Å²) < 4.78 is 0. The first kappa shape index (κ1) is 15.9. The van der Waals surface area contributed by atoms with E-state index in [4.69, 9.17) is 0 Å². The van der Waals surface area contributed by atoms with Gasteiger partial charge in [-0.3, -0.25) is 0 Å². The quantitative estimate of drug-likeness (QED) is 0.402. The van der Waals surface area contributed by atoms with Crippen LogP contribution in [0, 0.1) is 0 Å². The predicted octanol–water partition coefficient (Wildman–Crippen LogP) is 6.20. The van der Waals surface area contributed by atoms with Crippen LogP contribution in [0.2, 0.25) is 0 Å². The molecule has 0 N–H and O–H groups in total. The van der Waals surface area contributed by atoms with Crippen molar-refractivity contribution < 1.29 is 17.8 Å². The average molecular weight is 384 g/mol. The zero-order valence-electron chi connectivity index (χ0n) is 13.2. The molecule has 3 fully saturated rings. The molecule has 0 amide bonds. The Bertz CT molecular complexity index is 240. The van der Waals surface area contributed by atoms with Crippen LogP contribution in [0.1, 0.15) is 96.3 Å². The van der Waals surface area contributed by atoms with E-state index in [0.29, 0.717) is 0 Å². The minimum atomic E-state index is -1.16. The zero-order valence-corrected chi connectivity index (χ0v) is 15.8. The molecular formula is C18H34PRh. The van der Waals surface area contributed by atoms with Crippen LogP contribution < -0.4 is 0 Å². The molecule has 2 heteroatoms. The SMILES string of the molecule is [Rh][PH](C1CCCCC1)(C1CCCCC1)C1CCCCC1. The van der Waals surface area contributed by atoms with Crippen LogP contribution in [0.3, 0.4) is 0 Å². The van der Waals surface area contributed by atoms with E-state index < -0.39 is 5.59 Å². The Morgan fingerprint density at radius 2 is 0.700 bits per heavy atom. The van der Waals surface area contributed by atoms with E-state index in [1.54, 1.807) is 77.0 Å². The molecule has 0 nitrogen and oxygen atoms in total. The molecule has 0 bridgehead atoms. The monoisotopic (exact) mass is 384 g/mol. The molecule has 0 radical (unpaired) electrons. The summed E-state index contributed by atoms with van der Waals surface area (Å²) in [6, 6.07) is 0. The van der Waals surface area contributed by atoms with Crippen molar-refractivity contribution >= 4 is 5.59 Å². The van der Waals surface area contributed by atoms with Crippen LogP contribution in [-0.2, 0) is 17.8 Å². The molecule has 0 unspecified atom stereocenters. The molecule has 3 saturated carbocycles. The van der Waals surface area contributed by atoms with Gasteiger partial charge in [-0.25, -0.2) is 0 Å². The van der Waals surface area contributed by atoms with Gasteiger partial charge in [-0.2, -0.15) is 0 Å². The third-order valence-electron chi connectivity index (χ3n) is 6.64. The zero-order chi connectivity index (χ0) is 13.8. The molecule has 0 aliphatic heterocycles. The second-order valence-electron chi connectivity index (χ2n) is 7.79. The maximum absolute atomic E-state index is 3.90. The molecule has 0 spiro atoms. The summed E-state index contributed by atoms with van der Waals surface area (Å²) in [5.74, 6) is 0. The summed E-state index contributed by atoms with van der Waals surface area (Å²) in [6.45, 7) is 0. The first-order valence-corrected chi connectivity index (χ1v) is 14.0. The first-order valence-electron chi connectivity index (χ1n) is 9.48. The van der Waals surface area contributed by atoms with Gasteiger partial charge in [0.25, 0.3) is 0 Å². The Hall–Kier alpha value is 1.05. The summed E-state index contributed by atoms with van der Waals surface area (Å²) in [7, 11) is 0. The van der Waals surface area contributed by atoms with Crippen LogP contribution in [0.4, 0.5) is 0 Å². The van der Waals surface area contributed by atoms with Gasteiger partial charge in [0, 0.05) is 0 Å². The van der Waals surface area contributed by atoms with Gasteiger partial charge in [-0.15, -0.1) is 0 Å². The van der Waals surface area contributed by atoms with Gasteiger partial charge in [0.2, 0.25) is 0 Å². The standard InChI is InChI=1S/C18H33P.Rh/c1-4-10-16(11-5-1)19(17-12-6-2-7-13-17)18-14-8-3-9-15-18;/h16-18H,1-15H2;/q;-1/p+1. The summed E-state index contributed by atoms with van der Waals surface area (Å²) in [5.41, 5.74) is 2.33. The molecule has 3 aliphatic carbocycles. The van der Waals surface area contributed by atoms with Crippen molar-refractivity contribution in [2.45, 2.75) is 113 Å². The molecule has 0 saturated heterocycles. The van der Waals surface area contributed by atoms with Crippen molar-refractivity contribution in [1.82, 2.24) is 0 Å². The molecular weight excluding hydrogens is 350 g/mol. The Kier molecular flexibility index (Phi) is 6.01. The first-order chi connectivity index (χ1) is 9.82. The van der Waals surface area contributed by atoms with Crippen LogP contribution in [0.25, 0.3) is 0 Å². The summed E-state index contributed by atoms with van der Waals surface area (Å²) >= 11 is 3.90. The van der Waals surface area contributed by atoms with Crippen LogP contribution >= 0.6 is 5.59 Å². The van der Waals surface area contributed by atoms with Crippen LogP contribution in [0.15, 0.2) is 0 Å². The van der Waals surface area contributed by atoms with E-state index in [1.165, 1.54) is 19.3 Å². The second-order valence-corrected chi connectivity index (χ2v) is 16.1. The normalized spacial score (nSPS) is 29.5. The molecule has 0 heterocycles. The second kappa shape index (κ2) is 7.55. The fraction of sp³-hybridized carbons (Fsp3) is 1.00. The number of hydrogen-bond donors (Lipinski definition) is 0. The van der Waals surface area contributed by atoms with Crippen LogP contribution in [-0.4, -0.2) is 17.0 Å². The Morgan fingerprint density at radius 3 is 0.950 bits per heavy atom. The summed E-state index contributed by atoms with van der Waals surface area (Å²) in [5, 5.41) is 0. The van der Waals surface area contributed by atoms with Crippen molar-refractivity contribution in [3.05, 3.63) is 0 Å². The predicted molar refractivity (Wildman–Crippen MR) is 88.9 cm³/mol. The van der Waals surface area contributed by atoms with Gasteiger partial charge in [0.15, 0.2) is 0 Å². The van der Waals surface area contributed by atoms with Gasteiger partial charge in [-0.05, 0) is 0 Å². The van der Waals surface area contributed by atoms with Crippen LogP contribution in [0.5, 0.6) is 0 Å². The van der Waals surface area contributed by atoms with Gasteiger partial charge in [-0.1, -0.05) is 0 Å². The molecule has 3 rings (SSSR count). The average Bonchev–Trinajstić information content (AvgIpc) is 2.56. The van der Waals surface area contributed by atoms with Crippen molar-refractivity contribution in [2.75, 3.05) is 0 Å². The Morgan fingerprint density at radius 1 is 0.450 bits per heavy atom. The van der Waals surface area contributed by atoms with E-state index >= 15 is 0 Å². The van der Waals surface area contributed by atoms with E-state index in [0.717, 1.165) is 17.0 Å². The van der Waals surface area contributed by atoms with Gasteiger partial charge < -0.3 is 0 Å². The summed E-state index contributed by atoms with van der Waals surface area (Å²) in [6.07, 6.45) is 23.4. The van der Waals surface area contributed by atoms with Gasteiger partial charge in [0.1, 0.15) is 0 Å². The van der Waals surface area contributed by atoms with Crippen molar-refractivity contribution in [2.24, 2.45) is 0 Å². The molecule has 120 valence electrons. The molecule has 0 aromatic rings. The van der Waals surface area contributed by atoms with Gasteiger partial charge in [0.05, 0.1) is 0 Å². The molecule has 20 heavy (non-hydrogen) atoms. The van der Waals surface area contributed by atoms with Crippen molar-refractivity contribution in [3.63, 3.8) is 0 Å². The minimum absolute atomic E-state index is 1.16. The number of rotatable bonds is 3. The van der Waals surface area contributed by atoms with E-state index in [9.17, 15) is 0 Å². The molecule has 0 aromatic heterocycles. The molecule has 3 aliphatic rings. The van der Waals surface area contributed by atoms with Crippen molar-refractivity contribution in [1.29, 1.82) is 0 Å². The fourth-order valence-corrected chi connectivity index (χ4v) is 15.7. The Labute approximate surface area is 136 Å². The summed E-state index contributed by atoms with van der Waals surface area (Å²) in [4.78, 5) is 0. The molecule has 0 atom stereocenters. The third kappa shape index (κ3) is 3.35. The van der Waals surface area contributed by atoms with Crippen molar-refractivity contribution in [3.8, 4) is 0 Å². The van der Waals surface area contributed by atoms with E-state index in [2.05, 4.69) is 17.8 Å². The molecule has 0 aromatic carbocycles. The van der Waals surface area contributed by atoms with Gasteiger partial charge >= 0.3 is 137 Å². The third-order valence-corrected chi connectivity index (χ3v) is 18.0. The maximum atomic E-state index is 3.90. The van der Waals surface area contributed by atoms with E-state index in [1.807, 2.05) is 0 Å². The topological polar surface area (TPSA) is 0 Å². The fourth-order valence-electron chi connectivity index (χ4n) is 5.60. The number of hydrogen-bond acceptors (Lipinski definition) is 0. The van der Waals surface area contributed by atoms with E-state index in [-0.39, 0.29) is 0 Å². The Balaban J connectivity index is 1.79.